The van der Waals surface area contributed by atoms with Crippen molar-refractivity contribution in [1.82, 2.24) is 10.2 Å². The zero-order valence-corrected chi connectivity index (χ0v) is 12.7. The Labute approximate surface area is 126 Å². The van der Waals surface area contributed by atoms with Crippen molar-refractivity contribution in [2.45, 2.75) is 44.2 Å². The standard InChI is InChI=1S/C17H24N2O2/c1-21-16-9-3-2-7-14(16)15-8-5-11-19(15)17(20)12-13-6-4-10-18-13/h2-3,7,9,13,15,18H,4-6,8,10-12H2,1H3. The van der Waals surface area contributed by atoms with Crippen molar-refractivity contribution in [3.8, 4) is 5.75 Å². The highest BCUT2D eigenvalue weighted by molar-refractivity contribution is 5.78. The first-order valence-corrected chi connectivity index (χ1v) is 7.95. The van der Waals surface area contributed by atoms with Crippen LogP contribution in [0.4, 0.5) is 0 Å². The van der Waals surface area contributed by atoms with Crippen molar-refractivity contribution in [2.75, 3.05) is 20.2 Å². The first-order chi connectivity index (χ1) is 10.3. The van der Waals surface area contributed by atoms with Crippen molar-refractivity contribution >= 4 is 5.91 Å². The van der Waals surface area contributed by atoms with Crippen molar-refractivity contribution in [3.63, 3.8) is 0 Å². The second-order valence-electron chi connectivity index (χ2n) is 5.98. The predicted octanol–water partition coefficient (Wildman–Crippen LogP) is 2.50. The van der Waals surface area contributed by atoms with Crippen LogP contribution in [0.2, 0.25) is 0 Å². The first-order valence-electron chi connectivity index (χ1n) is 7.95. The highest BCUT2D eigenvalue weighted by atomic mass is 16.5. The zero-order chi connectivity index (χ0) is 14.7. The van der Waals surface area contributed by atoms with E-state index in [1.165, 1.54) is 6.42 Å². The molecule has 2 atom stereocenters. The van der Waals surface area contributed by atoms with E-state index in [2.05, 4.69) is 16.3 Å². The first kappa shape index (κ1) is 14.4. The van der Waals surface area contributed by atoms with Crippen molar-refractivity contribution in [3.05, 3.63) is 29.8 Å². The molecule has 1 aromatic carbocycles. The summed E-state index contributed by atoms with van der Waals surface area (Å²) in [4.78, 5) is 14.7. The summed E-state index contributed by atoms with van der Waals surface area (Å²) in [6, 6.07) is 8.62. The summed E-state index contributed by atoms with van der Waals surface area (Å²) in [7, 11) is 1.70. The van der Waals surface area contributed by atoms with E-state index in [-0.39, 0.29) is 11.9 Å². The van der Waals surface area contributed by atoms with Crippen LogP contribution in [0.1, 0.15) is 43.7 Å². The van der Waals surface area contributed by atoms with Gasteiger partial charge in [-0.25, -0.2) is 0 Å². The molecule has 4 nitrogen and oxygen atoms in total. The molecule has 0 radical (unpaired) electrons. The molecule has 4 heteroatoms. The predicted molar refractivity (Wildman–Crippen MR) is 82.3 cm³/mol. The molecule has 1 aromatic rings. The lowest BCUT2D eigenvalue weighted by atomic mass is 10.0. The Morgan fingerprint density at radius 1 is 1.33 bits per heavy atom. The van der Waals surface area contributed by atoms with Gasteiger partial charge in [0, 0.05) is 24.6 Å². The number of rotatable bonds is 4. The van der Waals surface area contributed by atoms with Gasteiger partial charge in [0.25, 0.3) is 0 Å². The number of nitrogens with one attached hydrogen (secondary N) is 1. The number of carbonyl (C=O) groups is 1. The lowest BCUT2D eigenvalue weighted by Gasteiger charge is -2.27. The molecule has 1 N–H and O–H groups in total. The molecule has 0 aromatic heterocycles. The van der Waals surface area contributed by atoms with E-state index >= 15 is 0 Å². The number of methoxy groups -OCH3 is 1. The Kier molecular flexibility index (Phi) is 4.44. The maximum absolute atomic E-state index is 12.6. The molecule has 0 saturated carbocycles. The summed E-state index contributed by atoms with van der Waals surface area (Å²) in [6.45, 7) is 1.92. The summed E-state index contributed by atoms with van der Waals surface area (Å²) in [5.41, 5.74) is 1.14. The van der Waals surface area contributed by atoms with Crippen LogP contribution >= 0.6 is 0 Å². The second-order valence-corrected chi connectivity index (χ2v) is 5.98. The third-order valence-corrected chi connectivity index (χ3v) is 4.65. The van der Waals surface area contributed by atoms with Crippen LogP contribution < -0.4 is 10.1 Å². The molecule has 0 aliphatic carbocycles. The fraction of sp³-hybridized carbons (Fsp3) is 0.588. The van der Waals surface area contributed by atoms with Gasteiger partial charge in [-0.2, -0.15) is 0 Å². The minimum absolute atomic E-state index is 0.176. The number of nitrogens with zero attached hydrogens (tertiary/aromatic N) is 1. The van der Waals surface area contributed by atoms with E-state index in [0.29, 0.717) is 12.5 Å². The normalized spacial score (nSPS) is 25.3. The third kappa shape index (κ3) is 3.05. The lowest BCUT2D eigenvalue weighted by Crippen LogP contribution is -2.35. The van der Waals surface area contributed by atoms with Gasteiger partial charge in [-0.15, -0.1) is 0 Å². The summed E-state index contributed by atoms with van der Waals surface area (Å²) >= 11 is 0. The molecule has 21 heavy (non-hydrogen) atoms. The fourth-order valence-electron chi connectivity index (χ4n) is 3.59. The maximum Gasteiger partial charge on any atom is 0.224 e. The maximum atomic E-state index is 12.6. The van der Waals surface area contributed by atoms with Crippen LogP contribution in [-0.4, -0.2) is 37.0 Å². The summed E-state index contributed by atoms with van der Waals surface area (Å²) in [6.07, 6.45) is 5.05. The number of likely N-dealkylation sites (tertiary alicyclic amines) is 1. The number of hydrogen-bond acceptors (Lipinski definition) is 3. The van der Waals surface area contributed by atoms with Crippen LogP contribution in [0, 0.1) is 0 Å². The van der Waals surface area contributed by atoms with Crippen LogP contribution in [-0.2, 0) is 4.79 Å². The molecular weight excluding hydrogens is 264 g/mol. The van der Waals surface area contributed by atoms with Gasteiger partial charge in [0.1, 0.15) is 5.75 Å². The van der Waals surface area contributed by atoms with E-state index in [0.717, 1.165) is 43.7 Å². The molecule has 2 fully saturated rings. The monoisotopic (exact) mass is 288 g/mol. The average molecular weight is 288 g/mol. The van der Waals surface area contributed by atoms with E-state index in [1.54, 1.807) is 7.11 Å². The summed E-state index contributed by atoms with van der Waals surface area (Å²) in [5, 5.41) is 3.42. The van der Waals surface area contributed by atoms with Crippen LogP contribution in [0.5, 0.6) is 5.75 Å². The number of hydrogen-bond donors (Lipinski definition) is 1. The van der Waals surface area contributed by atoms with E-state index in [9.17, 15) is 4.79 Å². The van der Waals surface area contributed by atoms with Crippen LogP contribution in [0.15, 0.2) is 24.3 Å². The molecule has 2 unspecified atom stereocenters. The Morgan fingerprint density at radius 3 is 2.95 bits per heavy atom. The molecule has 114 valence electrons. The van der Waals surface area contributed by atoms with Gasteiger partial charge in [0.2, 0.25) is 5.91 Å². The molecule has 2 aliphatic heterocycles. The average Bonchev–Trinajstić information content (AvgIpc) is 3.18. The Bertz CT molecular complexity index is 497. The number of carbonyl (C=O) groups excluding carboxylic acids is 1. The molecule has 2 saturated heterocycles. The van der Waals surface area contributed by atoms with Crippen LogP contribution in [0.25, 0.3) is 0 Å². The molecule has 2 heterocycles. The number of ether oxygens (including phenoxy) is 1. The topological polar surface area (TPSA) is 41.6 Å². The molecule has 0 bridgehead atoms. The van der Waals surface area contributed by atoms with Gasteiger partial charge in [-0.1, -0.05) is 18.2 Å². The van der Waals surface area contributed by atoms with E-state index in [4.69, 9.17) is 4.74 Å². The number of para-hydroxylation sites is 1. The minimum Gasteiger partial charge on any atom is -0.496 e. The van der Waals surface area contributed by atoms with Gasteiger partial charge in [0.15, 0.2) is 0 Å². The zero-order valence-electron chi connectivity index (χ0n) is 12.7. The second kappa shape index (κ2) is 6.48. The Hall–Kier alpha value is -1.55. The molecular formula is C17H24N2O2. The summed E-state index contributed by atoms with van der Waals surface area (Å²) < 4.78 is 5.47. The lowest BCUT2D eigenvalue weighted by molar-refractivity contribution is -0.132. The van der Waals surface area contributed by atoms with Gasteiger partial charge in [-0.05, 0) is 38.3 Å². The molecule has 3 rings (SSSR count). The minimum atomic E-state index is 0.176. The van der Waals surface area contributed by atoms with Crippen LogP contribution in [0.3, 0.4) is 0 Å². The van der Waals surface area contributed by atoms with Gasteiger partial charge in [0.05, 0.1) is 13.2 Å². The number of benzene rings is 1. The van der Waals surface area contributed by atoms with Crippen molar-refractivity contribution in [1.29, 1.82) is 0 Å². The molecule has 2 aliphatic rings. The SMILES string of the molecule is COc1ccccc1C1CCCN1C(=O)CC1CCCN1. The van der Waals surface area contributed by atoms with Gasteiger partial charge < -0.3 is 15.0 Å². The van der Waals surface area contributed by atoms with Crippen molar-refractivity contribution < 1.29 is 9.53 Å². The smallest absolute Gasteiger partial charge is 0.224 e. The fourth-order valence-corrected chi connectivity index (χ4v) is 3.59. The Balaban J connectivity index is 1.73. The molecule has 1 amide bonds. The summed E-state index contributed by atoms with van der Waals surface area (Å²) in [5.74, 6) is 1.17. The largest absolute Gasteiger partial charge is 0.496 e. The van der Waals surface area contributed by atoms with Crippen molar-refractivity contribution in [2.24, 2.45) is 0 Å². The van der Waals surface area contributed by atoms with E-state index < -0.39 is 0 Å². The highest BCUT2D eigenvalue weighted by Gasteiger charge is 2.32. The Morgan fingerprint density at radius 2 is 2.19 bits per heavy atom. The van der Waals surface area contributed by atoms with Gasteiger partial charge in [-0.3, -0.25) is 4.79 Å². The number of amides is 1. The van der Waals surface area contributed by atoms with Gasteiger partial charge >= 0.3 is 0 Å². The molecule has 0 spiro atoms. The highest BCUT2D eigenvalue weighted by Crippen LogP contribution is 2.37. The third-order valence-electron chi connectivity index (χ3n) is 4.65. The van der Waals surface area contributed by atoms with E-state index in [1.807, 2.05) is 18.2 Å². The quantitative estimate of drug-likeness (QED) is 0.925.